The Morgan fingerprint density at radius 2 is 1.93 bits per heavy atom. The Morgan fingerprint density at radius 1 is 1.20 bits per heavy atom. The summed E-state index contributed by atoms with van der Waals surface area (Å²) in [7, 11) is 0. The molecule has 0 amide bonds. The van der Waals surface area contributed by atoms with E-state index in [1.165, 1.54) is 0 Å². The molecular formula is C9H3Cl3N2O. The van der Waals surface area contributed by atoms with Gasteiger partial charge in [0.15, 0.2) is 0 Å². The third-order valence-corrected chi connectivity index (χ3v) is 2.48. The maximum atomic E-state index is 10.9. The van der Waals surface area contributed by atoms with Gasteiger partial charge in [-0.25, -0.2) is 9.97 Å². The number of carbonyl (C=O) groups is 1. The third kappa shape index (κ3) is 2.04. The summed E-state index contributed by atoms with van der Waals surface area (Å²) in [5.41, 5.74) is 0.531. The fraction of sp³-hybridized carbons (Fsp3) is 0. The van der Waals surface area contributed by atoms with E-state index in [1.54, 1.807) is 18.2 Å². The van der Waals surface area contributed by atoms with Gasteiger partial charge < -0.3 is 0 Å². The molecule has 0 aliphatic heterocycles. The Kier molecular flexibility index (Phi) is 2.78. The van der Waals surface area contributed by atoms with Crippen LogP contribution < -0.4 is 0 Å². The van der Waals surface area contributed by atoms with E-state index in [9.17, 15) is 4.79 Å². The van der Waals surface area contributed by atoms with Gasteiger partial charge in [-0.1, -0.05) is 23.2 Å². The molecule has 1 aromatic heterocycles. The van der Waals surface area contributed by atoms with Gasteiger partial charge in [-0.15, -0.1) is 0 Å². The molecule has 0 N–H and O–H groups in total. The van der Waals surface area contributed by atoms with Crippen molar-refractivity contribution < 1.29 is 4.79 Å². The zero-order chi connectivity index (χ0) is 11.0. The summed E-state index contributed by atoms with van der Waals surface area (Å²) < 4.78 is 0. The molecular weight excluding hydrogens is 258 g/mol. The van der Waals surface area contributed by atoms with Crippen LogP contribution in [0.2, 0.25) is 10.2 Å². The number of benzene rings is 1. The van der Waals surface area contributed by atoms with Crippen LogP contribution >= 0.6 is 34.8 Å². The number of hydrogen-bond donors (Lipinski definition) is 0. The fourth-order valence-corrected chi connectivity index (χ4v) is 1.64. The first-order valence-electron chi connectivity index (χ1n) is 3.90. The van der Waals surface area contributed by atoms with Crippen LogP contribution in [0.25, 0.3) is 10.9 Å². The van der Waals surface area contributed by atoms with Gasteiger partial charge in [0.25, 0.3) is 5.24 Å². The third-order valence-electron chi connectivity index (χ3n) is 1.79. The molecule has 3 nitrogen and oxygen atoms in total. The summed E-state index contributed by atoms with van der Waals surface area (Å²) in [5, 5.41) is 0.532. The maximum Gasteiger partial charge on any atom is 0.289 e. The Morgan fingerprint density at radius 3 is 2.60 bits per heavy atom. The molecule has 0 radical (unpaired) electrons. The molecule has 76 valence electrons. The van der Waals surface area contributed by atoms with Gasteiger partial charge in [0, 0.05) is 10.4 Å². The second kappa shape index (κ2) is 3.93. The van der Waals surface area contributed by atoms with E-state index in [-0.39, 0.29) is 11.0 Å². The first-order chi connectivity index (χ1) is 7.08. The summed E-state index contributed by atoms with van der Waals surface area (Å²) in [6.07, 6.45) is 0. The van der Waals surface area contributed by atoms with Crippen molar-refractivity contribution in [2.45, 2.75) is 0 Å². The van der Waals surface area contributed by atoms with Crippen LogP contribution in [0.1, 0.15) is 10.6 Å². The van der Waals surface area contributed by atoms with Crippen molar-refractivity contribution in [2.24, 2.45) is 0 Å². The highest BCUT2D eigenvalue weighted by atomic mass is 35.5. The minimum atomic E-state index is -0.742. The SMILES string of the molecule is O=C(Cl)c1nc(Cl)c2cc(Cl)ccc2n1. The maximum absolute atomic E-state index is 10.9. The summed E-state index contributed by atoms with van der Waals surface area (Å²) in [6, 6.07) is 4.92. The first kappa shape index (κ1) is 10.6. The van der Waals surface area contributed by atoms with Crippen molar-refractivity contribution in [1.82, 2.24) is 9.97 Å². The number of fused-ring (bicyclic) bond motifs is 1. The lowest BCUT2D eigenvalue weighted by molar-refractivity contribution is 0.107. The minimum absolute atomic E-state index is 0.114. The number of rotatable bonds is 1. The van der Waals surface area contributed by atoms with Gasteiger partial charge in [0.2, 0.25) is 5.82 Å². The van der Waals surface area contributed by atoms with Crippen LogP contribution in [0.15, 0.2) is 18.2 Å². The quantitative estimate of drug-likeness (QED) is 0.584. The zero-order valence-corrected chi connectivity index (χ0v) is 9.44. The number of hydrogen-bond acceptors (Lipinski definition) is 3. The lowest BCUT2D eigenvalue weighted by atomic mass is 10.2. The Balaban J connectivity index is 2.78. The fourth-order valence-electron chi connectivity index (χ4n) is 1.15. The Hall–Kier alpha value is -0.900. The average molecular weight is 261 g/mol. The van der Waals surface area contributed by atoms with Gasteiger partial charge >= 0.3 is 0 Å². The van der Waals surface area contributed by atoms with Gasteiger partial charge in [-0.2, -0.15) is 0 Å². The van der Waals surface area contributed by atoms with E-state index in [4.69, 9.17) is 34.8 Å². The molecule has 0 unspecified atom stereocenters. The first-order valence-corrected chi connectivity index (χ1v) is 5.04. The van der Waals surface area contributed by atoms with E-state index >= 15 is 0 Å². The summed E-state index contributed by atoms with van der Waals surface area (Å²) >= 11 is 16.9. The average Bonchev–Trinajstić information content (AvgIpc) is 2.18. The molecule has 2 aromatic rings. The van der Waals surface area contributed by atoms with Gasteiger partial charge in [0.05, 0.1) is 5.52 Å². The van der Waals surface area contributed by atoms with Crippen LogP contribution in [-0.4, -0.2) is 15.2 Å². The molecule has 0 saturated heterocycles. The van der Waals surface area contributed by atoms with Gasteiger partial charge in [0.1, 0.15) is 5.15 Å². The van der Waals surface area contributed by atoms with Crippen molar-refractivity contribution in [2.75, 3.05) is 0 Å². The lowest BCUT2D eigenvalue weighted by Crippen LogP contribution is -1.99. The van der Waals surface area contributed by atoms with E-state index < -0.39 is 5.24 Å². The number of nitrogens with zero attached hydrogens (tertiary/aromatic N) is 2. The summed E-state index contributed by atoms with van der Waals surface area (Å²) in [5.74, 6) is -0.114. The molecule has 0 saturated carbocycles. The second-order valence-electron chi connectivity index (χ2n) is 2.77. The predicted molar refractivity (Wildman–Crippen MR) is 59.7 cm³/mol. The summed E-state index contributed by atoms with van der Waals surface area (Å²) in [6.45, 7) is 0. The van der Waals surface area contributed by atoms with Crippen molar-refractivity contribution in [1.29, 1.82) is 0 Å². The van der Waals surface area contributed by atoms with Crippen molar-refractivity contribution >= 4 is 50.9 Å². The number of halogens is 3. The molecule has 1 aromatic carbocycles. The van der Waals surface area contributed by atoms with E-state index in [1.807, 2.05) is 0 Å². The van der Waals surface area contributed by atoms with Crippen LogP contribution in [-0.2, 0) is 0 Å². The lowest BCUT2D eigenvalue weighted by Gasteiger charge is -2.01. The molecule has 0 spiro atoms. The van der Waals surface area contributed by atoms with Crippen LogP contribution in [0.3, 0.4) is 0 Å². The van der Waals surface area contributed by atoms with Crippen LogP contribution in [0.4, 0.5) is 0 Å². The molecule has 0 bridgehead atoms. The monoisotopic (exact) mass is 260 g/mol. The number of aromatic nitrogens is 2. The normalized spacial score (nSPS) is 10.6. The van der Waals surface area contributed by atoms with Crippen LogP contribution in [0.5, 0.6) is 0 Å². The molecule has 0 fully saturated rings. The standard InChI is InChI=1S/C9H3Cl3N2O/c10-4-1-2-6-5(3-4)7(11)14-9(13-6)8(12)15/h1-3H. The highest BCUT2D eigenvalue weighted by molar-refractivity contribution is 6.67. The Bertz CT molecular complexity index is 556. The van der Waals surface area contributed by atoms with Crippen molar-refractivity contribution in [3.05, 3.63) is 34.2 Å². The largest absolute Gasteiger partial charge is 0.289 e. The molecule has 0 aliphatic rings. The summed E-state index contributed by atoms with van der Waals surface area (Å²) in [4.78, 5) is 18.6. The molecule has 2 rings (SSSR count). The highest BCUT2D eigenvalue weighted by Gasteiger charge is 2.10. The number of carbonyl (C=O) groups excluding carboxylic acids is 1. The topological polar surface area (TPSA) is 42.9 Å². The van der Waals surface area contributed by atoms with Gasteiger partial charge in [-0.05, 0) is 29.8 Å². The molecule has 1 heterocycles. The van der Waals surface area contributed by atoms with E-state index in [0.29, 0.717) is 15.9 Å². The molecule has 6 heteroatoms. The Labute approximate surface area is 100.0 Å². The molecule has 0 aliphatic carbocycles. The highest BCUT2D eigenvalue weighted by Crippen LogP contribution is 2.24. The van der Waals surface area contributed by atoms with Crippen LogP contribution in [0, 0.1) is 0 Å². The molecule has 15 heavy (non-hydrogen) atoms. The zero-order valence-electron chi connectivity index (χ0n) is 7.17. The predicted octanol–water partition coefficient (Wildman–Crippen LogP) is 3.32. The van der Waals surface area contributed by atoms with E-state index in [2.05, 4.69) is 9.97 Å². The van der Waals surface area contributed by atoms with E-state index in [0.717, 1.165) is 0 Å². The second-order valence-corrected chi connectivity index (χ2v) is 3.91. The van der Waals surface area contributed by atoms with Crippen molar-refractivity contribution in [3.63, 3.8) is 0 Å². The smallest absolute Gasteiger partial charge is 0.272 e. The van der Waals surface area contributed by atoms with Gasteiger partial charge in [-0.3, -0.25) is 4.79 Å². The van der Waals surface area contributed by atoms with Crippen molar-refractivity contribution in [3.8, 4) is 0 Å². The molecule has 0 atom stereocenters. The minimum Gasteiger partial charge on any atom is -0.272 e.